The summed E-state index contributed by atoms with van der Waals surface area (Å²) in [6.07, 6.45) is 10.7. The van der Waals surface area contributed by atoms with Crippen molar-refractivity contribution in [2.24, 2.45) is 5.92 Å². The summed E-state index contributed by atoms with van der Waals surface area (Å²) in [5, 5.41) is 0. The van der Waals surface area contributed by atoms with Gasteiger partial charge in [-0.15, -0.1) is 0 Å². The molecular weight excluding hydrogens is 184 g/mol. The number of rotatable bonds is 1. The van der Waals surface area contributed by atoms with Gasteiger partial charge in [-0.2, -0.15) is 0 Å². The van der Waals surface area contributed by atoms with Gasteiger partial charge in [0.05, 0.1) is 11.9 Å². The van der Waals surface area contributed by atoms with Crippen molar-refractivity contribution in [2.45, 2.75) is 38.2 Å². The van der Waals surface area contributed by atoms with Gasteiger partial charge in [0.2, 0.25) is 0 Å². The van der Waals surface area contributed by atoms with Gasteiger partial charge in [-0.1, -0.05) is 31.4 Å². The van der Waals surface area contributed by atoms with Gasteiger partial charge in [-0.25, -0.2) is 4.21 Å². The van der Waals surface area contributed by atoms with Crippen LogP contribution in [0.25, 0.3) is 0 Å². The first kappa shape index (κ1) is 9.41. The van der Waals surface area contributed by atoms with E-state index in [2.05, 4.69) is 6.08 Å². The highest BCUT2D eigenvalue weighted by Crippen LogP contribution is 2.30. The second-order valence-corrected chi connectivity index (χ2v) is 4.99. The van der Waals surface area contributed by atoms with E-state index in [1.54, 1.807) is 0 Å². The molecule has 2 atom stereocenters. The van der Waals surface area contributed by atoms with Crippen LogP contribution in [-0.2, 0) is 15.3 Å². The maximum Gasteiger partial charge on any atom is 0.159 e. The molecule has 0 saturated heterocycles. The standard InChI is InChI=1S/C10H16O2S/c11-13-8-4-7-10(12-13)9-5-2-1-3-6-9/h4,7,9-10H,1-3,5-6,8H2/t10-,13?/m1/s1. The Hall–Kier alpha value is -0.150. The number of hydrogen-bond acceptors (Lipinski definition) is 2. The van der Waals surface area contributed by atoms with E-state index in [1.807, 2.05) is 6.08 Å². The maximum atomic E-state index is 11.2. The minimum absolute atomic E-state index is 0.134. The molecule has 0 N–H and O–H groups in total. The summed E-state index contributed by atoms with van der Waals surface area (Å²) >= 11 is -1.06. The van der Waals surface area contributed by atoms with Crippen molar-refractivity contribution in [3.63, 3.8) is 0 Å². The third-order valence-corrected chi connectivity index (χ3v) is 3.79. The monoisotopic (exact) mass is 200 g/mol. The van der Waals surface area contributed by atoms with Crippen molar-refractivity contribution < 1.29 is 8.39 Å². The van der Waals surface area contributed by atoms with Gasteiger partial charge in [0.15, 0.2) is 11.1 Å². The average molecular weight is 200 g/mol. The molecule has 2 rings (SSSR count). The summed E-state index contributed by atoms with van der Waals surface area (Å²) in [5.74, 6) is 1.19. The zero-order valence-electron chi connectivity index (χ0n) is 7.78. The summed E-state index contributed by atoms with van der Waals surface area (Å²) in [6, 6.07) is 0. The molecule has 0 spiro atoms. The molecule has 0 amide bonds. The van der Waals surface area contributed by atoms with E-state index in [0.717, 1.165) is 0 Å². The predicted molar refractivity (Wildman–Crippen MR) is 53.6 cm³/mol. The lowest BCUT2D eigenvalue weighted by molar-refractivity contribution is 0.160. The molecule has 74 valence electrons. The van der Waals surface area contributed by atoms with Crippen LogP contribution < -0.4 is 0 Å². The molecule has 0 aromatic carbocycles. The largest absolute Gasteiger partial charge is 0.282 e. The first-order valence-electron chi connectivity index (χ1n) is 5.08. The Morgan fingerprint density at radius 1 is 1.23 bits per heavy atom. The first-order valence-corrected chi connectivity index (χ1v) is 6.33. The average Bonchev–Trinajstić information content (AvgIpc) is 2.19. The Labute approximate surface area is 82.0 Å². The molecule has 0 aromatic rings. The van der Waals surface area contributed by atoms with Crippen LogP contribution in [0, 0.1) is 5.92 Å². The lowest BCUT2D eigenvalue weighted by Crippen LogP contribution is -2.28. The van der Waals surface area contributed by atoms with Crippen molar-refractivity contribution in [1.82, 2.24) is 0 Å². The van der Waals surface area contributed by atoms with Crippen molar-refractivity contribution in [3.05, 3.63) is 12.2 Å². The fourth-order valence-electron chi connectivity index (χ4n) is 2.16. The highest BCUT2D eigenvalue weighted by atomic mass is 32.2. The molecule has 2 aliphatic rings. The smallest absolute Gasteiger partial charge is 0.159 e. The fraction of sp³-hybridized carbons (Fsp3) is 0.800. The summed E-state index contributed by atoms with van der Waals surface area (Å²) in [5.41, 5.74) is 0. The molecule has 0 radical (unpaired) electrons. The molecule has 1 fully saturated rings. The van der Waals surface area contributed by atoms with Gasteiger partial charge in [-0.3, -0.25) is 4.18 Å². The van der Waals surface area contributed by atoms with Gasteiger partial charge in [0, 0.05) is 0 Å². The van der Waals surface area contributed by atoms with E-state index in [-0.39, 0.29) is 6.10 Å². The van der Waals surface area contributed by atoms with E-state index in [4.69, 9.17) is 4.18 Å². The van der Waals surface area contributed by atoms with Crippen LogP contribution in [0.1, 0.15) is 32.1 Å². The maximum absolute atomic E-state index is 11.2. The molecule has 13 heavy (non-hydrogen) atoms. The van der Waals surface area contributed by atoms with Crippen LogP contribution in [-0.4, -0.2) is 16.1 Å². The minimum Gasteiger partial charge on any atom is -0.282 e. The number of hydrogen-bond donors (Lipinski definition) is 0. The summed E-state index contributed by atoms with van der Waals surface area (Å²) in [4.78, 5) is 0. The zero-order valence-corrected chi connectivity index (χ0v) is 8.59. The van der Waals surface area contributed by atoms with E-state index >= 15 is 0 Å². The Kier molecular flexibility index (Phi) is 3.17. The molecule has 1 saturated carbocycles. The van der Waals surface area contributed by atoms with Crippen molar-refractivity contribution in [3.8, 4) is 0 Å². The molecule has 1 aliphatic heterocycles. The van der Waals surface area contributed by atoms with Gasteiger partial charge < -0.3 is 0 Å². The van der Waals surface area contributed by atoms with Crippen LogP contribution in [0.4, 0.5) is 0 Å². The van der Waals surface area contributed by atoms with Gasteiger partial charge in [0.25, 0.3) is 0 Å². The SMILES string of the molecule is O=S1CC=C[C@H](C2CCCCC2)O1. The Bertz CT molecular complexity index is 219. The Morgan fingerprint density at radius 3 is 2.69 bits per heavy atom. The predicted octanol–water partition coefficient (Wildman–Crippen LogP) is 2.19. The summed E-state index contributed by atoms with van der Waals surface area (Å²) < 4.78 is 16.6. The van der Waals surface area contributed by atoms with E-state index < -0.39 is 11.1 Å². The Morgan fingerprint density at radius 2 is 2.00 bits per heavy atom. The van der Waals surface area contributed by atoms with Crippen LogP contribution in [0.2, 0.25) is 0 Å². The minimum atomic E-state index is -1.06. The Balaban J connectivity index is 1.94. The molecule has 1 aliphatic carbocycles. The van der Waals surface area contributed by atoms with Crippen molar-refractivity contribution >= 4 is 11.1 Å². The summed E-state index contributed by atoms with van der Waals surface area (Å²) in [6.45, 7) is 0. The zero-order chi connectivity index (χ0) is 9.10. The first-order chi connectivity index (χ1) is 6.36. The van der Waals surface area contributed by atoms with E-state index in [1.165, 1.54) is 32.1 Å². The molecule has 0 aromatic heterocycles. The fourth-order valence-corrected chi connectivity index (χ4v) is 2.98. The van der Waals surface area contributed by atoms with Gasteiger partial charge in [0.1, 0.15) is 0 Å². The van der Waals surface area contributed by atoms with Gasteiger partial charge in [-0.05, 0) is 18.8 Å². The van der Waals surface area contributed by atoms with Crippen molar-refractivity contribution in [1.29, 1.82) is 0 Å². The highest BCUT2D eigenvalue weighted by molar-refractivity contribution is 7.80. The third kappa shape index (κ3) is 2.41. The van der Waals surface area contributed by atoms with Gasteiger partial charge >= 0.3 is 0 Å². The molecule has 1 heterocycles. The van der Waals surface area contributed by atoms with E-state index in [9.17, 15) is 4.21 Å². The molecule has 1 unspecified atom stereocenters. The third-order valence-electron chi connectivity index (χ3n) is 2.89. The van der Waals surface area contributed by atoms with Crippen molar-refractivity contribution in [2.75, 3.05) is 5.75 Å². The van der Waals surface area contributed by atoms with Crippen LogP contribution in [0.5, 0.6) is 0 Å². The molecule has 0 bridgehead atoms. The normalized spacial score (nSPS) is 36.3. The molecular formula is C10H16O2S. The lowest BCUT2D eigenvalue weighted by Gasteiger charge is -2.28. The summed E-state index contributed by atoms with van der Waals surface area (Å²) in [7, 11) is 0. The molecule has 3 heteroatoms. The topological polar surface area (TPSA) is 26.3 Å². The molecule has 2 nitrogen and oxygen atoms in total. The van der Waals surface area contributed by atoms with Crippen LogP contribution in [0.3, 0.4) is 0 Å². The van der Waals surface area contributed by atoms with Crippen LogP contribution >= 0.6 is 0 Å². The second kappa shape index (κ2) is 4.38. The lowest BCUT2D eigenvalue weighted by atomic mass is 9.85. The quantitative estimate of drug-likeness (QED) is 0.606. The highest BCUT2D eigenvalue weighted by Gasteiger charge is 2.25. The van der Waals surface area contributed by atoms with E-state index in [0.29, 0.717) is 11.7 Å². The van der Waals surface area contributed by atoms with Crippen LogP contribution in [0.15, 0.2) is 12.2 Å². The second-order valence-electron chi connectivity index (χ2n) is 3.86.